The average Bonchev–Trinajstić information content (AvgIpc) is 2.10. The Kier molecular flexibility index (Phi) is 2.16. The summed E-state index contributed by atoms with van der Waals surface area (Å²) in [6, 6.07) is 0. The van der Waals surface area contributed by atoms with Gasteiger partial charge in [-0.05, 0) is 4.91 Å². The minimum atomic E-state index is -0.382. The van der Waals surface area contributed by atoms with Crippen LogP contribution in [0.4, 0.5) is 0 Å². The van der Waals surface area contributed by atoms with Crippen LogP contribution < -0.4 is 0 Å². The molecule has 2 N–H and O–H groups in total. The van der Waals surface area contributed by atoms with E-state index < -0.39 is 0 Å². The van der Waals surface area contributed by atoms with Crippen LogP contribution in [-0.4, -0.2) is 28.2 Å². The van der Waals surface area contributed by atoms with E-state index in [0.29, 0.717) is 6.42 Å². The molecule has 1 aliphatic heterocycles. The minimum absolute atomic E-state index is 0.0301. The monoisotopic (exact) mass is 146 g/mol. The van der Waals surface area contributed by atoms with Gasteiger partial charge in [0.25, 0.3) is 0 Å². The van der Waals surface area contributed by atoms with Gasteiger partial charge in [0.2, 0.25) is 0 Å². The van der Waals surface area contributed by atoms with Crippen molar-refractivity contribution in [1.29, 1.82) is 0 Å². The van der Waals surface area contributed by atoms with Crippen molar-refractivity contribution in [2.45, 2.75) is 17.8 Å². The summed E-state index contributed by atoms with van der Waals surface area (Å²) in [6.07, 6.45) is 0.253. The van der Waals surface area contributed by atoms with Crippen molar-refractivity contribution in [3.05, 3.63) is 11.5 Å². The highest BCUT2D eigenvalue weighted by Gasteiger charge is 2.27. The molecular weight excluding hydrogens is 136 g/mol. The van der Waals surface area contributed by atoms with Gasteiger partial charge in [0, 0.05) is 6.42 Å². The van der Waals surface area contributed by atoms with Crippen LogP contribution in [0.25, 0.3) is 0 Å². The molecule has 0 unspecified atom stereocenters. The summed E-state index contributed by atoms with van der Waals surface area (Å²) in [4.78, 5) is 0.974. The molecule has 52 valence electrons. The summed E-state index contributed by atoms with van der Waals surface area (Å²) < 4.78 is 0. The Morgan fingerprint density at radius 3 is 2.67 bits per heavy atom. The van der Waals surface area contributed by atoms with Crippen LogP contribution in [-0.2, 0) is 0 Å². The first kappa shape index (κ1) is 7.12. The zero-order valence-electron chi connectivity index (χ0n) is 5.08. The summed E-state index contributed by atoms with van der Waals surface area (Å²) in [7, 11) is 0. The highest BCUT2D eigenvalue weighted by atomic mass is 32.2. The van der Waals surface area contributed by atoms with E-state index in [-0.39, 0.29) is 18.0 Å². The molecule has 1 saturated heterocycles. The van der Waals surface area contributed by atoms with Gasteiger partial charge in [-0.3, -0.25) is 0 Å². The molecular formula is C6H10O2S. The first-order chi connectivity index (χ1) is 4.24. The van der Waals surface area contributed by atoms with Gasteiger partial charge in [0.15, 0.2) is 0 Å². The van der Waals surface area contributed by atoms with Gasteiger partial charge in [0.05, 0.1) is 18.0 Å². The van der Waals surface area contributed by atoms with Crippen LogP contribution >= 0.6 is 11.8 Å². The molecule has 0 aromatic carbocycles. The lowest BCUT2D eigenvalue weighted by Gasteiger charge is -2.06. The molecule has 1 aliphatic rings. The molecule has 9 heavy (non-hydrogen) atoms. The summed E-state index contributed by atoms with van der Waals surface area (Å²) >= 11 is 1.48. The first-order valence-corrected chi connectivity index (χ1v) is 3.75. The van der Waals surface area contributed by atoms with Crippen molar-refractivity contribution < 1.29 is 10.2 Å². The van der Waals surface area contributed by atoms with E-state index in [4.69, 9.17) is 10.2 Å². The summed E-state index contributed by atoms with van der Waals surface area (Å²) in [5.74, 6) is 0. The topological polar surface area (TPSA) is 40.5 Å². The van der Waals surface area contributed by atoms with Crippen LogP contribution in [0.5, 0.6) is 0 Å². The van der Waals surface area contributed by atoms with Gasteiger partial charge in [-0.25, -0.2) is 0 Å². The van der Waals surface area contributed by atoms with E-state index in [0.717, 1.165) is 4.91 Å². The number of aliphatic hydroxyl groups excluding tert-OH is 2. The zero-order chi connectivity index (χ0) is 6.85. The highest BCUT2D eigenvalue weighted by Crippen LogP contribution is 2.35. The maximum absolute atomic E-state index is 9.12. The van der Waals surface area contributed by atoms with Crippen molar-refractivity contribution in [2.24, 2.45) is 0 Å². The minimum Gasteiger partial charge on any atom is -0.395 e. The fourth-order valence-electron chi connectivity index (χ4n) is 0.864. The Morgan fingerprint density at radius 1 is 1.78 bits per heavy atom. The summed E-state index contributed by atoms with van der Waals surface area (Å²) in [6.45, 7) is 3.74. The van der Waals surface area contributed by atoms with Crippen LogP contribution in [0.1, 0.15) is 6.42 Å². The Balaban J connectivity index is 2.47. The van der Waals surface area contributed by atoms with Gasteiger partial charge in [-0.2, -0.15) is 0 Å². The van der Waals surface area contributed by atoms with E-state index in [2.05, 4.69) is 6.58 Å². The van der Waals surface area contributed by atoms with Crippen molar-refractivity contribution in [2.75, 3.05) is 6.61 Å². The predicted molar refractivity (Wildman–Crippen MR) is 38.2 cm³/mol. The Hall–Kier alpha value is 0.0100. The normalized spacial score (nSPS) is 35.6. The molecule has 0 aromatic rings. The average molecular weight is 146 g/mol. The quantitative estimate of drug-likeness (QED) is 0.561. The molecule has 0 bridgehead atoms. The largest absolute Gasteiger partial charge is 0.395 e. The fourth-order valence-corrected chi connectivity index (χ4v) is 1.89. The lowest BCUT2D eigenvalue weighted by molar-refractivity contribution is 0.148. The van der Waals surface area contributed by atoms with E-state index in [1.807, 2.05) is 0 Å². The van der Waals surface area contributed by atoms with E-state index in [9.17, 15) is 0 Å². The predicted octanol–water partition coefficient (Wildman–Crippen LogP) is 0.359. The lowest BCUT2D eigenvalue weighted by atomic mass is 10.2. The van der Waals surface area contributed by atoms with Crippen molar-refractivity contribution in [3.63, 3.8) is 0 Å². The molecule has 1 heterocycles. The molecule has 2 nitrogen and oxygen atoms in total. The molecule has 1 rings (SSSR count). The number of hydrogen-bond acceptors (Lipinski definition) is 3. The summed E-state index contributed by atoms with van der Waals surface area (Å²) in [5, 5.41) is 17.7. The second-order valence-corrected chi connectivity index (χ2v) is 3.57. The van der Waals surface area contributed by atoms with E-state index in [1.54, 1.807) is 0 Å². The first-order valence-electron chi connectivity index (χ1n) is 2.87. The number of aliphatic hydroxyl groups is 2. The van der Waals surface area contributed by atoms with E-state index in [1.165, 1.54) is 11.8 Å². The van der Waals surface area contributed by atoms with Gasteiger partial charge >= 0.3 is 0 Å². The van der Waals surface area contributed by atoms with Crippen molar-refractivity contribution in [3.8, 4) is 0 Å². The van der Waals surface area contributed by atoms with Crippen LogP contribution in [0.15, 0.2) is 11.5 Å². The third kappa shape index (κ3) is 1.47. The second-order valence-electron chi connectivity index (χ2n) is 2.15. The van der Waals surface area contributed by atoms with Crippen LogP contribution in [0.3, 0.4) is 0 Å². The van der Waals surface area contributed by atoms with E-state index >= 15 is 0 Å². The van der Waals surface area contributed by atoms with Crippen molar-refractivity contribution in [1.82, 2.24) is 0 Å². The van der Waals surface area contributed by atoms with Crippen LogP contribution in [0.2, 0.25) is 0 Å². The highest BCUT2D eigenvalue weighted by molar-refractivity contribution is 8.04. The molecule has 1 fully saturated rings. The van der Waals surface area contributed by atoms with Gasteiger partial charge in [0.1, 0.15) is 0 Å². The Morgan fingerprint density at radius 2 is 2.44 bits per heavy atom. The maximum Gasteiger partial charge on any atom is 0.0729 e. The molecule has 2 atom stereocenters. The van der Waals surface area contributed by atoms with Gasteiger partial charge < -0.3 is 10.2 Å². The molecule has 0 radical (unpaired) electrons. The number of hydrogen-bond donors (Lipinski definition) is 2. The molecule has 0 saturated carbocycles. The molecule has 3 heteroatoms. The third-order valence-corrected chi connectivity index (χ3v) is 2.63. The second kappa shape index (κ2) is 2.73. The van der Waals surface area contributed by atoms with Crippen molar-refractivity contribution >= 4 is 11.8 Å². The summed E-state index contributed by atoms with van der Waals surface area (Å²) in [5.41, 5.74) is 0. The maximum atomic E-state index is 9.12. The van der Waals surface area contributed by atoms with Crippen LogP contribution in [0, 0.1) is 0 Å². The Labute approximate surface area is 58.6 Å². The number of rotatable bonds is 1. The molecule has 0 spiro atoms. The molecule has 0 aliphatic carbocycles. The zero-order valence-corrected chi connectivity index (χ0v) is 5.90. The smallest absolute Gasteiger partial charge is 0.0729 e. The SMILES string of the molecule is C=C1C[C@H](O)[C@@H](CO)S1. The fraction of sp³-hybridized carbons (Fsp3) is 0.667. The Bertz CT molecular complexity index is 124. The lowest BCUT2D eigenvalue weighted by Crippen LogP contribution is -2.20. The standard InChI is InChI=1S/C6H10O2S/c1-4-2-5(8)6(3-7)9-4/h5-8H,1-3H2/t5-,6+/m0/s1. The number of thioether (sulfide) groups is 1. The third-order valence-electron chi connectivity index (χ3n) is 1.36. The molecule has 0 aromatic heterocycles. The van der Waals surface area contributed by atoms with Gasteiger partial charge in [-0.1, -0.05) is 6.58 Å². The van der Waals surface area contributed by atoms with Gasteiger partial charge in [-0.15, -0.1) is 11.8 Å². The molecule has 0 amide bonds.